The van der Waals surface area contributed by atoms with Crippen molar-refractivity contribution in [3.05, 3.63) is 47.9 Å². The van der Waals surface area contributed by atoms with Gasteiger partial charge in [0.2, 0.25) is 0 Å². The van der Waals surface area contributed by atoms with E-state index in [0.717, 1.165) is 22.8 Å². The van der Waals surface area contributed by atoms with E-state index in [-0.39, 0.29) is 6.04 Å². The Balaban J connectivity index is 1.96. The van der Waals surface area contributed by atoms with Crippen LogP contribution in [0.15, 0.2) is 41.0 Å². The molecule has 0 spiro atoms. The van der Waals surface area contributed by atoms with E-state index in [1.54, 1.807) is 6.26 Å². The van der Waals surface area contributed by atoms with Crippen molar-refractivity contribution < 1.29 is 13.9 Å². The van der Waals surface area contributed by atoms with E-state index in [9.17, 15) is 0 Å². The molecule has 0 fully saturated rings. The molecule has 0 bridgehead atoms. The molecule has 6 heteroatoms. The summed E-state index contributed by atoms with van der Waals surface area (Å²) in [5.41, 5.74) is 1.07. The first-order valence-corrected chi connectivity index (χ1v) is 8.51. The third-order valence-corrected chi connectivity index (χ3v) is 3.68. The first-order valence-electron chi connectivity index (χ1n) is 8.10. The van der Waals surface area contributed by atoms with Gasteiger partial charge in [0.15, 0.2) is 16.6 Å². The van der Waals surface area contributed by atoms with Crippen LogP contribution in [0.2, 0.25) is 0 Å². The second-order valence-electron chi connectivity index (χ2n) is 5.20. The maximum Gasteiger partial charge on any atom is 0.167 e. The Morgan fingerprint density at radius 2 is 1.92 bits per heavy atom. The highest BCUT2D eigenvalue weighted by atomic mass is 32.1. The third kappa shape index (κ3) is 5.16. The number of ether oxygens (including phenoxy) is 2. The van der Waals surface area contributed by atoms with E-state index in [4.69, 9.17) is 26.1 Å². The Bertz CT molecular complexity index is 644. The van der Waals surface area contributed by atoms with Crippen LogP contribution in [0.4, 0.5) is 0 Å². The SMILES string of the molecule is CCOc1ccc(C(C)NC(=S)NCc2ccco2)cc1OCC. The molecule has 1 unspecified atom stereocenters. The van der Waals surface area contributed by atoms with Gasteiger partial charge in [0.25, 0.3) is 0 Å². The summed E-state index contributed by atoms with van der Waals surface area (Å²) in [4.78, 5) is 0. The summed E-state index contributed by atoms with van der Waals surface area (Å²) in [6.45, 7) is 7.71. The molecule has 0 saturated heterocycles. The molecule has 0 aliphatic rings. The minimum Gasteiger partial charge on any atom is -0.490 e. The van der Waals surface area contributed by atoms with Crippen LogP contribution < -0.4 is 20.1 Å². The van der Waals surface area contributed by atoms with Crippen LogP contribution in [-0.2, 0) is 6.54 Å². The first-order chi connectivity index (χ1) is 11.6. The van der Waals surface area contributed by atoms with E-state index < -0.39 is 0 Å². The van der Waals surface area contributed by atoms with Crippen LogP contribution in [-0.4, -0.2) is 18.3 Å². The molecule has 1 aromatic carbocycles. The Kier molecular flexibility index (Phi) is 6.93. The standard InChI is InChI=1S/C18H24N2O3S/c1-4-21-16-9-8-14(11-17(16)22-5-2)13(3)20-18(24)19-12-15-7-6-10-23-15/h6-11,13H,4-5,12H2,1-3H3,(H2,19,20,24). The lowest BCUT2D eigenvalue weighted by atomic mass is 10.1. The average Bonchev–Trinajstić information content (AvgIpc) is 3.08. The second-order valence-corrected chi connectivity index (χ2v) is 5.61. The lowest BCUT2D eigenvalue weighted by Gasteiger charge is -2.19. The van der Waals surface area contributed by atoms with Gasteiger partial charge in [-0.3, -0.25) is 0 Å². The van der Waals surface area contributed by atoms with Crippen LogP contribution in [0.5, 0.6) is 11.5 Å². The van der Waals surface area contributed by atoms with Gasteiger partial charge in [-0.2, -0.15) is 0 Å². The predicted octanol–water partition coefficient (Wildman–Crippen LogP) is 3.80. The number of benzene rings is 1. The molecule has 1 heterocycles. The van der Waals surface area contributed by atoms with Gasteiger partial charge in [0.1, 0.15) is 5.76 Å². The van der Waals surface area contributed by atoms with E-state index >= 15 is 0 Å². The molecule has 2 rings (SSSR count). The minimum atomic E-state index is 0.0384. The van der Waals surface area contributed by atoms with Crippen molar-refractivity contribution in [3.63, 3.8) is 0 Å². The van der Waals surface area contributed by atoms with Gasteiger partial charge in [0.05, 0.1) is 32.1 Å². The molecule has 1 atom stereocenters. The van der Waals surface area contributed by atoms with Crippen molar-refractivity contribution in [2.75, 3.05) is 13.2 Å². The summed E-state index contributed by atoms with van der Waals surface area (Å²) in [6, 6.07) is 9.73. The molecule has 5 nitrogen and oxygen atoms in total. The highest BCUT2D eigenvalue weighted by Crippen LogP contribution is 2.30. The van der Waals surface area contributed by atoms with Crippen LogP contribution in [0.1, 0.15) is 38.1 Å². The van der Waals surface area contributed by atoms with Crippen molar-refractivity contribution in [3.8, 4) is 11.5 Å². The molecule has 0 aliphatic carbocycles. The van der Waals surface area contributed by atoms with E-state index in [1.165, 1.54) is 0 Å². The van der Waals surface area contributed by atoms with Crippen molar-refractivity contribution in [1.29, 1.82) is 0 Å². The monoisotopic (exact) mass is 348 g/mol. The maximum absolute atomic E-state index is 5.67. The summed E-state index contributed by atoms with van der Waals surface area (Å²) >= 11 is 5.33. The van der Waals surface area contributed by atoms with E-state index in [1.807, 2.05) is 51.1 Å². The average molecular weight is 348 g/mol. The van der Waals surface area contributed by atoms with Gasteiger partial charge in [0, 0.05) is 0 Å². The number of hydrogen-bond acceptors (Lipinski definition) is 4. The number of furan rings is 1. The van der Waals surface area contributed by atoms with Gasteiger partial charge >= 0.3 is 0 Å². The summed E-state index contributed by atoms with van der Waals surface area (Å²) < 4.78 is 16.5. The highest BCUT2D eigenvalue weighted by molar-refractivity contribution is 7.80. The molecular weight excluding hydrogens is 324 g/mol. The molecule has 1 aromatic heterocycles. The molecule has 2 aromatic rings. The topological polar surface area (TPSA) is 55.7 Å². The fourth-order valence-corrected chi connectivity index (χ4v) is 2.50. The molecule has 2 N–H and O–H groups in total. The molecule has 0 aliphatic heterocycles. The van der Waals surface area contributed by atoms with Gasteiger partial charge in [-0.15, -0.1) is 0 Å². The van der Waals surface area contributed by atoms with Gasteiger partial charge in [-0.05, 0) is 62.8 Å². The van der Waals surface area contributed by atoms with Gasteiger partial charge in [-0.1, -0.05) is 6.07 Å². The van der Waals surface area contributed by atoms with Crippen LogP contribution in [0, 0.1) is 0 Å². The lowest BCUT2D eigenvalue weighted by molar-refractivity contribution is 0.287. The van der Waals surface area contributed by atoms with E-state index in [0.29, 0.717) is 24.9 Å². The maximum atomic E-state index is 5.67. The van der Waals surface area contributed by atoms with Crippen molar-refractivity contribution in [2.45, 2.75) is 33.4 Å². The Morgan fingerprint density at radius 3 is 2.58 bits per heavy atom. The number of rotatable bonds is 8. The molecule has 0 saturated carbocycles. The fourth-order valence-electron chi connectivity index (χ4n) is 2.25. The Morgan fingerprint density at radius 1 is 1.17 bits per heavy atom. The quantitative estimate of drug-likeness (QED) is 0.708. The summed E-state index contributed by atoms with van der Waals surface area (Å²) in [6.07, 6.45) is 1.64. The molecule has 24 heavy (non-hydrogen) atoms. The minimum absolute atomic E-state index is 0.0384. The second kappa shape index (κ2) is 9.17. The van der Waals surface area contributed by atoms with Crippen molar-refractivity contribution in [1.82, 2.24) is 10.6 Å². The highest BCUT2D eigenvalue weighted by Gasteiger charge is 2.12. The normalized spacial score (nSPS) is 11.6. The number of nitrogens with one attached hydrogen (secondary N) is 2. The van der Waals surface area contributed by atoms with Gasteiger partial charge < -0.3 is 24.5 Å². The molecule has 130 valence electrons. The zero-order valence-corrected chi connectivity index (χ0v) is 15.1. The predicted molar refractivity (Wildman–Crippen MR) is 98.5 cm³/mol. The zero-order valence-electron chi connectivity index (χ0n) is 14.3. The van der Waals surface area contributed by atoms with E-state index in [2.05, 4.69) is 10.6 Å². The third-order valence-electron chi connectivity index (χ3n) is 3.42. The van der Waals surface area contributed by atoms with Crippen LogP contribution in [0.3, 0.4) is 0 Å². The van der Waals surface area contributed by atoms with Crippen LogP contribution >= 0.6 is 12.2 Å². The smallest absolute Gasteiger partial charge is 0.167 e. The van der Waals surface area contributed by atoms with Crippen molar-refractivity contribution in [2.24, 2.45) is 0 Å². The zero-order chi connectivity index (χ0) is 17.4. The molecule has 0 amide bonds. The molecule has 0 radical (unpaired) electrons. The number of hydrogen-bond donors (Lipinski definition) is 2. The number of thiocarbonyl (C=S) groups is 1. The van der Waals surface area contributed by atoms with Crippen LogP contribution in [0.25, 0.3) is 0 Å². The fraction of sp³-hybridized carbons (Fsp3) is 0.389. The lowest BCUT2D eigenvalue weighted by Crippen LogP contribution is -2.36. The Labute approximate surface area is 148 Å². The Hall–Kier alpha value is -2.21. The first kappa shape index (κ1) is 18.1. The summed E-state index contributed by atoms with van der Waals surface area (Å²) in [5.74, 6) is 2.35. The largest absolute Gasteiger partial charge is 0.490 e. The summed E-state index contributed by atoms with van der Waals surface area (Å²) in [5, 5.41) is 6.96. The summed E-state index contributed by atoms with van der Waals surface area (Å²) in [7, 11) is 0. The van der Waals surface area contributed by atoms with Gasteiger partial charge in [-0.25, -0.2) is 0 Å². The van der Waals surface area contributed by atoms with Crippen molar-refractivity contribution >= 4 is 17.3 Å². The molecular formula is C18H24N2O3S.